The normalized spacial score (nSPS) is 39.2. The van der Waals surface area contributed by atoms with Gasteiger partial charge in [-0.05, 0) is 32.7 Å². The first-order valence-electron chi connectivity index (χ1n) is 6.57. The quantitative estimate of drug-likeness (QED) is 0.737. The van der Waals surface area contributed by atoms with Crippen LogP contribution in [0.25, 0.3) is 0 Å². The number of nitrogens with zero attached hydrogens (tertiary/aromatic N) is 1. The van der Waals surface area contributed by atoms with E-state index in [9.17, 15) is 9.90 Å². The van der Waals surface area contributed by atoms with Gasteiger partial charge in [0.15, 0.2) is 0 Å². The zero-order valence-electron chi connectivity index (χ0n) is 10.8. The van der Waals surface area contributed by atoms with Gasteiger partial charge in [0, 0.05) is 12.6 Å². The van der Waals surface area contributed by atoms with Gasteiger partial charge in [-0.1, -0.05) is 12.8 Å². The van der Waals surface area contributed by atoms with Gasteiger partial charge >= 0.3 is 5.97 Å². The minimum atomic E-state index is -0.383. The molecule has 0 aromatic heterocycles. The van der Waals surface area contributed by atoms with E-state index in [2.05, 4.69) is 4.90 Å². The van der Waals surface area contributed by atoms with E-state index in [0.29, 0.717) is 0 Å². The molecule has 17 heavy (non-hydrogen) atoms. The Balaban J connectivity index is 1.99. The number of rotatable bonds is 2. The van der Waals surface area contributed by atoms with Crippen molar-refractivity contribution < 1.29 is 14.6 Å². The number of methoxy groups -OCH3 is 1. The number of carbonyl (C=O) groups is 1. The molecule has 2 rings (SSSR count). The van der Waals surface area contributed by atoms with Crippen LogP contribution in [0.5, 0.6) is 0 Å². The van der Waals surface area contributed by atoms with Crippen LogP contribution in [0.1, 0.15) is 39.0 Å². The Kier molecular flexibility index (Phi) is 3.73. The van der Waals surface area contributed by atoms with Crippen LogP contribution in [0.4, 0.5) is 0 Å². The lowest BCUT2D eigenvalue weighted by Crippen LogP contribution is -2.45. The lowest BCUT2D eigenvalue weighted by molar-refractivity contribution is -0.151. The van der Waals surface area contributed by atoms with Gasteiger partial charge in [-0.3, -0.25) is 9.69 Å². The molecule has 1 saturated heterocycles. The molecule has 2 fully saturated rings. The molecule has 3 unspecified atom stereocenters. The maximum absolute atomic E-state index is 11.7. The molecule has 4 heteroatoms. The van der Waals surface area contributed by atoms with E-state index in [4.69, 9.17) is 4.74 Å². The first kappa shape index (κ1) is 12.8. The number of hydrogen-bond donors (Lipinski definition) is 1. The summed E-state index contributed by atoms with van der Waals surface area (Å²) in [5.74, 6) is -0.120. The molecule has 1 aliphatic heterocycles. The Morgan fingerprint density at radius 1 is 1.41 bits per heavy atom. The van der Waals surface area contributed by atoms with Crippen LogP contribution in [0, 0.1) is 5.41 Å². The molecule has 0 aromatic rings. The first-order chi connectivity index (χ1) is 8.07. The monoisotopic (exact) mass is 241 g/mol. The predicted octanol–water partition coefficient (Wildman–Crippen LogP) is 1.17. The summed E-state index contributed by atoms with van der Waals surface area (Å²) in [6, 6.07) is 0.246. The second kappa shape index (κ2) is 4.94. The summed E-state index contributed by atoms with van der Waals surface area (Å²) in [5, 5.41) is 10.0. The van der Waals surface area contributed by atoms with Crippen LogP contribution < -0.4 is 0 Å². The van der Waals surface area contributed by atoms with Crippen LogP contribution >= 0.6 is 0 Å². The van der Waals surface area contributed by atoms with E-state index in [1.165, 1.54) is 13.5 Å². The van der Waals surface area contributed by atoms with Crippen molar-refractivity contribution in [1.29, 1.82) is 0 Å². The van der Waals surface area contributed by atoms with Crippen molar-refractivity contribution in [3.63, 3.8) is 0 Å². The Morgan fingerprint density at radius 2 is 2.12 bits per heavy atom. The maximum atomic E-state index is 11.7. The van der Waals surface area contributed by atoms with E-state index < -0.39 is 0 Å². The molecule has 0 amide bonds. The maximum Gasteiger partial charge on any atom is 0.312 e. The first-order valence-corrected chi connectivity index (χ1v) is 6.57. The molecule has 0 radical (unpaired) electrons. The molecule has 0 aromatic carbocycles. The third-order valence-electron chi connectivity index (χ3n) is 4.34. The third kappa shape index (κ3) is 2.47. The zero-order chi connectivity index (χ0) is 12.5. The zero-order valence-corrected chi connectivity index (χ0v) is 10.8. The average molecular weight is 241 g/mol. The van der Waals surface area contributed by atoms with Crippen LogP contribution in [0.15, 0.2) is 0 Å². The highest BCUT2D eigenvalue weighted by Crippen LogP contribution is 2.35. The molecule has 1 heterocycles. The Morgan fingerprint density at radius 3 is 2.76 bits per heavy atom. The fraction of sp³-hybridized carbons (Fsp3) is 0.923. The highest BCUT2D eigenvalue weighted by atomic mass is 16.5. The largest absolute Gasteiger partial charge is 0.469 e. The van der Waals surface area contributed by atoms with Gasteiger partial charge in [-0.15, -0.1) is 0 Å². The summed E-state index contributed by atoms with van der Waals surface area (Å²) in [5.41, 5.74) is -0.383. The highest BCUT2D eigenvalue weighted by molar-refractivity contribution is 5.77. The van der Waals surface area contributed by atoms with Gasteiger partial charge in [0.05, 0.1) is 18.6 Å². The summed E-state index contributed by atoms with van der Waals surface area (Å²) < 4.78 is 4.87. The summed E-state index contributed by atoms with van der Waals surface area (Å²) >= 11 is 0. The van der Waals surface area contributed by atoms with Crippen LogP contribution in [-0.2, 0) is 9.53 Å². The molecular formula is C13H23NO3. The molecule has 1 N–H and O–H groups in total. The molecule has 0 bridgehead atoms. The van der Waals surface area contributed by atoms with Crippen LogP contribution in [0.2, 0.25) is 0 Å². The number of hydrogen-bond acceptors (Lipinski definition) is 4. The number of ether oxygens (including phenoxy) is 1. The SMILES string of the molecule is COC(=O)C1(C)CCN(C2CCCCC2O)C1. The van der Waals surface area contributed by atoms with Gasteiger partial charge in [0.1, 0.15) is 0 Å². The van der Waals surface area contributed by atoms with Gasteiger partial charge in [0.2, 0.25) is 0 Å². The van der Waals surface area contributed by atoms with E-state index in [0.717, 1.165) is 38.8 Å². The smallest absolute Gasteiger partial charge is 0.312 e. The predicted molar refractivity (Wildman–Crippen MR) is 64.6 cm³/mol. The van der Waals surface area contributed by atoms with Crippen molar-refractivity contribution in [2.24, 2.45) is 5.41 Å². The van der Waals surface area contributed by atoms with Crippen LogP contribution in [0.3, 0.4) is 0 Å². The summed E-state index contributed by atoms with van der Waals surface area (Å²) in [7, 11) is 1.45. The van der Waals surface area contributed by atoms with Crippen molar-refractivity contribution in [2.45, 2.75) is 51.2 Å². The van der Waals surface area contributed by atoms with Gasteiger partial charge in [-0.2, -0.15) is 0 Å². The van der Waals surface area contributed by atoms with Gasteiger partial charge in [-0.25, -0.2) is 0 Å². The van der Waals surface area contributed by atoms with Crippen molar-refractivity contribution >= 4 is 5.97 Å². The molecule has 0 spiro atoms. The number of carbonyl (C=O) groups excluding carboxylic acids is 1. The second-order valence-electron chi connectivity index (χ2n) is 5.69. The number of esters is 1. The van der Waals surface area contributed by atoms with Gasteiger partial charge < -0.3 is 9.84 Å². The number of aliphatic hydroxyl groups excluding tert-OH is 1. The highest BCUT2D eigenvalue weighted by Gasteiger charge is 2.44. The van der Waals surface area contributed by atoms with Crippen molar-refractivity contribution in [1.82, 2.24) is 4.90 Å². The number of likely N-dealkylation sites (tertiary alicyclic amines) is 1. The lowest BCUT2D eigenvalue weighted by atomic mass is 9.89. The summed E-state index contributed by atoms with van der Waals surface area (Å²) in [6.45, 7) is 3.59. The van der Waals surface area contributed by atoms with Crippen molar-refractivity contribution in [3.05, 3.63) is 0 Å². The fourth-order valence-electron chi connectivity index (χ4n) is 3.21. The fourth-order valence-corrected chi connectivity index (χ4v) is 3.21. The Bertz CT molecular complexity index is 294. The van der Waals surface area contributed by atoms with Crippen LogP contribution in [-0.4, -0.2) is 48.3 Å². The Labute approximate surface area is 103 Å². The topological polar surface area (TPSA) is 49.8 Å². The second-order valence-corrected chi connectivity index (χ2v) is 5.69. The summed E-state index contributed by atoms with van der Waals surface area (Å²) in [4.78, 5) is 14.0. The van der Waals surface area contributed by atoms with Crippen molar-refractivity contribution in [3.8, 4) is 0 Å². The molecule has 98 valence electrons. The minimum Gasteiger partial charge on any atom is -0.469 e. The molecular weight excluding hydrogens is 218 g/mol. The lowest BCUT2D eigenvalue weighted by Gasteiger charge is -2.35. The van der Waals surface area contributed by atoms with E-state index in [-0.39, 0.29) is 23.5 Å². The van der Waals surface area contributed by atoms with Crippen molar-refractivity contribution in [2.75, 3.05) is 20.2 Å². The van der Waals surface area contributed by atoms with Gasteiger partial charge in [0.25, 0.3) is 0 Å². The number of aliphatic hydroxyl groups is 1. The van der Waals surface area contributed by atoms with E-state index >= 15 is 0 Å². The Hall–Kier alpha value is -0.610. The molecule has 1 aliphatic carbocycles. The molecule has 1 saturated carbocycles. The van der Waals surface area contributed by atoms with E-state index in [1.807, 2.05) is 6.92 Å². The standard InChI is InChI=1S/C13H23NO3/c1-13(12(16)17-2)7-8-14(9-13)10-5-3-4-6-11(10)15/h10-11,15H,3-9H2,1-2H3. The van der Waals surface area contributed by atoms with E-state index in [1.54, 1.807) is 0 Å². The minimum absolute atomic E-state index is 0.120. The molecule has 4 nitrogen and oxygen atoms in total. The summed E-state index contributed by atoms with van der Waals surface area (Å²) in [6.07, 6.45) is 4.88. The average Bonchev–Trinajstić information content (AvgIpc) is 2.72. The third-order valence-corrected chi connectivity index (χ3v) is 4.34. The molecule has 2 aliphatic rings. The molecule has 3 atom stereocenters.